The van der Waals surface area contributed by atoms with E-state index in [1.165, 1.54) is 62.8 Å². The average Bonchev–Trinajstić information content (AvgIpc) is 4.04. The third kappa shape index (κ3) is 4.86. The van der Waals surface area contributed by atoms with Crippen LogP contribution in [0.15, 0.2) is 168 Å². The lowest BCUT2D eigenvalue weighted by atomic mass is 9.82. The third-order valence-corrected chi connectivity index (χ3v) is 14.9. The Labute approximate surface area is 353 Å². The van der Waals surface area contributed by atoms with Gasteiger partial charge in [-0.05, 0) is 88.0 Å². The van der Waals surface area contributed by atoms with Crippen molar-refractivity contribution in [1.82, 2.24) is 15.0 Å². The largest absolute Gasteiger partial charge is 0.456 e. The topological polar surface area (TPSA) is 51.8 Å². The molecule has 13 rings (SSSR count). The molecule has 1 aliphatic carbocycles. The number of furan rings is 1. The lowest BCUT2D eigenvalue weighted by Gasteiger charge is -2.21. The maximum atomic E-state index is 6.62. The molecule has 0 atom stereocenters. The molecule has 60 heavy (non-hydrogen) atoms. The van der Waals surface area contributed by atoms with E-state index in [9.17, 15) is 0 Å². The first kappa shape index (κ1) is 33.9. The Morgan fingerprint density at radius 3 is 1.85 bits per heavy atom. The normalized spacial score (nSPS) is 13.3. The van der Waals surface area contributed by atoms with Gasteiger partial charge in [-0.1, -0.05) is 123 Å². The van der Waals surface area contributed by atoms with E-state index in [-0.39, 0.29) is 5.41 Å². The van der Waals surface area contributed by atoms with Crippen LogP contribution >= 0.6 is 22.7 Å². The van der Waals surface area contributed by atoms with Crippen LogP contribution in [-0.2, 0) is 5.41 Å². The van der Waals surface area contributed by atoms with Gasteiger partial charge >= 0.3 is 0 Å². The molecular formula is C54H33N3OS2. The molecule has 0 saturated carbocycles. The molecule has 4 nitrogen and oxygen atoms in total. The zero-order chi connectivity index (χ0) is 39.7. The number of thiophene rings is 2. The van der Waals surface area contributed by atoms with Gasteiger partial charge < -0.3 is 4.42 Å². The maximum absolute atomic E-state index is 6.62. The number of aromatic nitrogens is 3. The highest BCUT2D eigenvalue weighted by Gasteiger charge is 2.36. The first-order chi connectivity index (χ1) is 29.5. The van der Waals surface area contributed by atoms with Crippen LogP contribution in [0.25, 0.3) is 119 Å². The van der Waals surface area contributed by atoms with E-state index in [1.807, 2.05) is 23.5 Å². The third-order valence-electron chi connectivity index (χ3n) is 12.6. The zero-order valence-electron chi connectivity index (χ0n) is 32.7. The molecule has 4 heterocycles. The Morgan fingerprint density at radius 2 is 0.983 bits per heavy atom. The molecule has 8 aromatic carbocycles. The van der Waals surface area contributed by atoms with Crippen LogP contribution in [0.5, 0.6) is 0 Å². The van der Waals surface area contributed by atoms with Crippen molar-refractivity contribution < 1.29 is 4.42 Å². The molecule has 0 amide bonds. The monoisotopic (exact) mass is 803 g/mol. The smallest absolute Gasteiger partial charge is 0.164 e. The highest BCUT2D eigenvalue weighted by atomic mass is 32.1. The van der Waals surface area contributed by atoms with Crippen molar-refractivity contribution in [3.8, 4) is 56.4 Å². The Morgan fingerprint density at radius 1 is 0.400 bits per heavy atom. The Bertz CT molecular complexity index is 3770. The molecule has 0 spiro atoms. The molecule has 0 radical (unpaired) electrons. The van der Waals surface area contributed by atoms with Crippen molar-refractivity contribution >= 4 is 85.0 Å². The second-order valence-electron chi connectivity index (χ2n) is 16.3. The molecule has 0 N–H and O–H groups in total. The summed E-state index contributed by atoms with van der Waals surface area (Å²) in [6, 6.07) is 58.7. The molecule has 4 aromatic heterocycles. The summed E-state index contributed by atoms with van der Waals surface area (Å²) in [5.41, 5.74) is 12.1. The van der Waals surface area contributed by atoms with E-state index in [2.05, 4.69) is 166 Å². The van der Waals surface area contributed by atoms with Crippen molar-refractivity contribution in [2.24, 2.45) is 0 Å². The number of rotatable bonds is 4. The lowest BCUT2D eigenvalue weighted by molar-refractivity contribution is 0.660. The number of hydrogen-bond acceptors (Lipinski definition) is 6. The van der Waals surface area contributed by atoms with Crippen molar-refractivity contribution in [2.75, 3.05) is 0 Å². The quantitative estimate of drug-likeness (QED) is 0.178. The van der Waals surface area contributed by atoms with Crippen LogP contribution in [0.2, 0.25) is 0 Å². The second-order valence-corrected chi connectivity index (χ2v) is 18.5. The minimum Gasteiger partial charge on any atom is -0.456 e. The summed E-state index contributed by atoms with van der Waals surface area (Å²) in [5, 5.41) is 6.83. The van der Waals surface area contributed by atoms with E-state index >= 15 is 0 Å². The zero-order valence-corrected chi connectivity index (χ0v) is 34.3. The van der Waals surface area contributed by atoms with E-state index in [4.69, 9.17) is 19.4 Å². The fraction of sp³-hybridized carbons (Fsp3) is 0.0556. The minimum absolute atomic E-state index is 0.0870. The molecule has 1 aliphatic rings. The van der Waals surface area contributed by atoms with E-state index in [0.717, 1.165) is 49.6 Å². The molecule has 0 fully saturated rings. The van der Waals surface area contributed by atoms with Gasteiger partial charge in [0, 0.05) is 73.2 Å². The van der Waals surface area contributed by atoms with E-state index < -0.39 is 0 Å². The minimum atomic E-state index is -0.0870. The molecule has 0 saturated heterocycles. The van der Waals surface area contributed by atoms with Crippen LogP contribution in [0, 0.1) is 0 Å². The summed E-state index contributed by atoms with van der Waals surface area (Å²) in [6.45, 7) is 4.67. The summed E-state index contributed by atoms with van der Waals surface area (Å²) in [5.74, 6) is 1.89. The highest BCUT2D eigenvalue weighted by molar-refractivity contribution is 7.26. The van der Waals surface area contributed by atoms with Gasteiger partial charge in [0.25, 0.3) is 0 Å². The number of benzene rings is 8. The van der Waals surface area contributed by atoms with Crippen molar-refractivity contribution in [3.05, 3.63) is 175 Å². The summed E-state index contributed by atoms with van der Waals surface area (Å²) >= 11 is 3.61. The first-order valence-electron chi connectivity index (χ1n) is 20.3. The van der Waals surface area contributed by atoms with Gasteiger partial charge in [0.05, 0.1) is 0 Å². The standard InChI is InChI=1S/C54H33N3OS2/c1-54(2)40-18-6-3-13-34(40)48-32(15-9-19-41(48)54)30-24-26-42-39(28-30)49-36(16-10-20-43(49)58-42)52-55-51(31-25-27-46-38(29-31)33-12-4-7-21-44(33)59-46)56-53(57-52)37-17-11-23-47-50(37)35-14-5-8-22-45(35)60-47/h3-29H,1-2H3. The maximum Gasteiger partial charge on any atom is 0.164 e. The van der Waals surface area contributed by atoms with E-state index in [1.54, 1.807) is 11.3 Å². The number of hydrogen-bond donors (Lipinski definition) is 0. The number of fused-ring (bicyclic) bond motifs is 12. The van der Waals surface area contributed by atoms with Crippen molar-refractivity contribution in [1.29, 1.82) is 0 Å². The SMILES string of the molecule is CC1(C)c2ccccc2-c2c(-c3ccc4oc5cccc(-c6nc(-c7ccc8sc9ccccc9c8c7)nc(-c7cccc8sc9ccccc9c78)n6)c5c4c3)cccc21. The Balaban J connectivity index is 1.06. The Hall–Kier alpha value is -6.99. The van der Waals surface area contributed by atoms with Gasteiger partial charge in [-0.25, -0.2) is 15.0 Å². The summed E-state index contributed by atoms with van der Waals surface area (Å²) in [6.07, 6.45) is 0. The van der Waals surface area contributed by atoms with Crippen LogP contribution in [0.4, 0.5) is 0 Å². The summed E-state index contributed by atoms with van der Waals surface area (Å²) in [4.78, 5) is 16.1. The fourth-order valence-corrected chi connectivity index (χ4v) is 12.0. The van der Waals surface area contributed by atoms with E-state index in [0.29, 0.717) is 17.5 Å². The van der Waals surface area contributed by atoms with Crippen LogP contribution in [0.1, 0.15) is 25.0 Å². The molecule has 0 bridgehead atoms. The van der Waals surface area contributed by atoms with Crippen molar-refractivity contribution in [2.45, 2.75) is 19.3 Å². The predicted octanol–water partition coefficient (Wildman–Crippen LogP) is 15.5. The molecule has 282 valence electrons. The van der Waals surface area contributed by atoms with Gasteiger partial charge in [0.2, 0.25) is 0 Å². The van der Waals surface area contributed by atoms with Gasteiger partial charge in [-0.15, -0.1) is 22.7 Å². The predicted molar refractivity (Wildman–Crippen MR) is 252 cm³/mol. The molecule has 0 unspecified atom stereocenters. The summed E-state index contributed by atoms with van der Waals surface area (Å²) in [7, 11) is 0. The van der Waals surface area contributed by atoms with Gasteiger partial charge in [0.1, 0.15) is 11.2 Å². The Kier molecular flexibility index (Phi) is 7.07. The average molecular weight is 804 g/mol. The molecule has 0 aliphatic heterocycles. The lowest BCUT2D eigenvalue weighted by Crippen LogP contribution is -2.14. The van der Waals surface area contributed by atoms with Crippen molar-refractivity contribution in [3.63, 3.8) is 0 Å². The van der Waals surface area contributed by atoms with Crippen LogP contribution < -0.4 is 0 Å². The molecule has 6 heteroatoms. The molecular weight excluding hydrogens is 771 g/mol. The first-order valence-corrected chi connectivity index (χ1v) is 21.9. The fourth-order valence-electron chi connectivity index (χ4n) is 9.75. The van der Waals surface area contributed by atoms with Gasteiger partial charge in [-0.3, -0.25) is 0 Å². The van der Waals surface area contributed by atoms with Crippen LogP contribution in [0.3, 0.4) is 0 Å². The van der Waals surface area contributed by atoms with Crippen LogP contribution in [-0.4, -0.2) is 15.0 Å². The second kappa shape index (κ2) is 12.5. The van der Waals surface area contributed by atoms with Gasteiger partial charge in [-0.2, -0.15) is 0 Å². The molecule has 12 aromatic rings. The number of nitrogens with zero attached hydrogens (tertiary/aromatic N) is 3. The van der Waals surface area contributed by atoms with Gasteiger partial charge in [0.15, 0.2) is 17.5 Å². The summed E-state index contributed by atoms with van der Waals surface area (Å²) < 4.78 is 11.6. The highest BCUT2D eigenvalue weighted by Crippen LogP contribution is 2.52.